The van der Waals surface area contributed by atoms with Crippen LogP contribution in [0.2, 0.25) is 0 Å². The van der Waals surface area contributed by atoms with Gasteiger partial charge in [-0.25, -0.2) is 0 Å². The molecule has 12 N–H and O–H groups in total. The summed E-state index contributed by atoms with van der Waals surface area (Å²) < 4.78 is 0. The van der Waals surface area contributed by atoms with Gasteiger partial charge in [-0.15, -0.1) is 0 Å². The highest BCUT2D eigenvalue weighted by Gasteiger charge is 2.19. The molecule has 0 aromatic heterocycles. The Labute approximate surface area is 466 Å². The third-order valence-electron chi connectivity index (χ3n) is 14.4. The molecule has 0 saturated carbocycles. The van der Waals surface area contributed by atoms with Gasteiger partial charge in [-0.3, -0.25) is 0 Å². The van der Waals surface area contributed by atoms with E-state index in [1.165, 1.54) is 100 Å². The highest BCUT2D eigenvalue weighted by Crippen LogP contribution is 2.32. The second kappa shape index (κ2) is 30.2. The van der Waals surface area contributed by atoms with Gasteiger partial charge < -0.3 is 34.4 Å². The first-order valence-corrected chi connectivity index (χ1v) is 28.3. The van der Waals surface area contributed by atoms with Crippen LogP contribution in [0.5, 0.6) is 0 Å². The third kappa shape index (κ3) is 20.6. The van der Waals surface area contributed by atoms with Crippen molar-refractivity contribution < 1.29 is 0 Å². The van der Waals surface area contributed by atoms with E-state index in [-0.39, 0.29) is 16.2 Å². The molecule has 0 unspecified atom stereocenters. The number of rotatable bonds is 7. The Kier molecular flexibility index (Phi) is 27.0. The summed E-state index contributed by atoms with van der Waals surface area (Å²) in [6, 6.07) is 26.2. The lowest BCUT2D eigenvalue weighted by Gasteiger charge is -2.23. The topological polar surface area (TPSA) is 156 Å². The Morgan fingerprint density at radius 2 is 0.513 bits per heavy atom. The lowest BCUT2D eigenvalue weighted by Crippen LogP contribution is -2.15. The third-order valence-corrected chi connectivity index (χ3v) is 14.4. The summed E-state index contributed by atoms with van der Waals surface area (Å²) in [6.07, 6.45) is 7.26. The van der Waals surface area contributed by atoms with Gasteiger partial charge in [0.15, 0.2) is 0 Å². The monoisotopic (exact) mass is 1030 g/mol. The van der Waals surface area contributed by atoms with Crippen LogP contribution >= 0.6 is 0 Å². The molecule has 0 bridgehead atoms. The molecule has 0 atom stereocenters. The summed E-state index contributed by atoms with van der Waals surface area (Å²) in [5.41, 5.74) is 65.1. The molecule has 6 rings (SSSR count). The van der Waals surface area contributed by atoms with Crippen LogP contribution in [0.1, 0.15) is 211 Å². The smallest absolute Gasteiger partial charge is 0.0381 e. The minimum atomic E-state index is 0.140. The van der Waals surface area contributed by atoms with Gasteiger partial charge >= 0.3 is 0 Å². The molecule has 0 amide bonds. The van der Waals surface area contributed by atoms with Crippen molar-refractivity contribution in [3.63, 3.8) is 0 Å². The van der Waals surface area contributed by atoms with E-state index in [1.54, 1.807) is 0 Å². The van der Waals surface area contributed by atoms with Crippen molar-refractivity contribution >= 4 is 34.1 Å². The summed E-state index contributed by atoms with van der Waals surface area (Å²) in [5, 5.41) is 0. The predicted molar refractivity (Wildman–Crippen MR) is 345 cm³/mol. The van der Waals surface area contributed by atoms with Gasteiger partial charge in [-0.05, 0) is 200 Å². The van der Waals surface area contributed by atoms with Crippen molar-refractivity contribution in [3.8, 4) is 0 Å². The molecule has 0 spiro atoms. The molecule has 0 saturated heterocycles. The molecule has 0 heterocycles. The van der Waals surface area contributed by atoms with Crippen molar-refractivity contribution in [2.75, 3.05) is 34.4 Å². The van der Waals surface area contributed by atoms with Crippen LogP contribution in [-0.2, 0) is 61.2 Å². The summed E-state index contributed by atoms with van der Waals surface area (Å²) >= 11 is 0. The van der Waals surface area contributed by atoms with E-state index < -0.39 is 0 Å². The fraction of sp³-hybridized carbons (Fsp3) is 0.486. The van der Waals surface area contributed by atoms with E-state index >= 15 is 0 Å². The first-order valence-electron chi connectivity index (χ1n) is 28.3. The van der Waals surface area contributed by atoms with Gasteiger partial charge in [0, 0.05) is 34.1 Å². The lowest BCUT2D eigenvalue weighted by molar-refractivity contribution is 0.588. The Balaban J connectivity index is 0.000000458. The number of nitrogen functional groups attached to an aromatic ring is 6. The molecule has 0 aliphatic heterocycles. The van der Waals surface area contributed by atoms with E-state index in [0.717, 1.165) is 79.1 Å². The Morgan fingerprint density at radius 3 is 0.803 bits per heavy atom. The molecule has 420 valence electrons. The van der Waals surface area contributed by atoms with Gasteiger partial charge in [0.05, 0.1) is 0 Å². The second-order valence-electron chi connectivity index (χ2n) is 24.1. The zero-order valence-electron chi connectivity index (χ0n) is 52.8. The fourth-order valence-electron chi connectivity index (χ4n) is 9.17. The van der Waals surface area contributed by atoms with Gasteiger partial charge in [-0.1, -0.05) is 200 Å². The van der Waals surface area contributed by atoms with E-state index in [1.807, 2.05) is 13.8 Å². The van der Waals surface area contributed by atoms with Crippen molar-refractivity contribution in [3.05, 3.63) is 173 Å². The average Bonchev–Trinajstić information content (AvgIpc) is 3.34. The maximum Gasteiger partial charge on any atom is 0.0381 e. The van der Waals surface area contributed by atoms with Crippen LogP contribution in [0.15, 0.2) is 72.8 Å². The molecule has 0 radical (unpaired) electrons. The van der Waals surface area contributed by atoms with Crippen LogP contribution in [-0.4, -0.2) is 0 Å². The maximum absolute atomic E-state index is 6.12. The summed E-state index contributed by atoms with van der Waals surface area (Å²) in [7, 11) is 0. The number of hydrogen-bond acceptors (Lipinski definition) is 6. The van der Waals surface area contributed by atoms with Crippen molar-refractivity contribution in [1.82, 2.24) is 0 Å². The zero-order chi connectivity index (χ0) is 58.8. The largest absolute Gasteiger partial charge is 0.398 e. The molecule has 0 aliphatic carbocycles. The second-order valence-corrected chi connectivity index (χ2v) is 24.1. The molecule has 0 fully saturated rings. The maximum atomic E-state index is 6.12. The summed E-state index contributed by atoms with van der Waals surface area (Å²) in [5.74, 6) is 0. The number of hydrogen-bond donors (Lipinski definition) is 6. The molecule has 6 heteroatoms. The highest BCUT2D eigenvalue weighted by atomic mass is 14.6. The van der Waals surface area contributed by atoms with Crippen LogP contribution < -0.4 is 34.4 Å². The Hall–Kier alpha value is -5.88. The highest BCUT2D eigenvalue weighted by molar-refractivity contribution is 5.60. The van der Waals surface area contributed by atoms with Crippen LogP contribution in [0.3, 0.4) is 0 Å². The van der Waals surface area contributed by atoms with E-state index in [9.17, 15) is 0 Å². The molecule has 6 aromatic carbocycles. The van der Waals surface area contributed by atoms with Crippen LogP contribution in [0.4, 0.5) is 34.1 Å². The summed E-state index contributed by atoms with van der Waals surface area (Å²) in [6.45, 7) is 51.7. The average molecular weight is 1040 g/mol. The van der Waals surface area contributed by atoms with Crippen LogP contribution in [0.25, 0.3) is 0 Å². The zero-order valence-corrected chi connectivity index (χ0v) is 52.8. The van der Waals surface area contributed by atoms with Crippen LogP contribution in [0, 0.1) is 55.4 Å². The van der Waals surface area contributed by atoms with Crippen molar-refractivity contribution in [2.45, 2.75) is 227 Å². The van der Waals surface area contributed by atoms with E-state index in [2.05, 4.69) is 225 Å². The first-order chi connectivity index (χ1) is 35.1. The Morgan fingerprint density at radius 1 is 0.263 bits per heavy atom. The number of benzene rings is 6. The molecular weight excluding hydrogens is 925 g/mol. The number of nitrogens with two attached hydrogens (primary N) is 6. The molecule has 6 aromatic rings. The quantitative estimate of drug-likeness (QED) is 0.0875. The van der Waals surface area contributed by atoms with E-state index in [4.69, 9.17) is 34.4 Å². The van der Waals surface area contributed by atoms with Gasteiger partial charge in [0.2, 0.25) is 0 Å². The Bertz CT molecular complexity index is 2670. The minimum absolute atomic E-state index is 0.140. The molecule has 76 heavy (non-hydrogen) atoms. The van der Waals surface area contributed by atoms with Gasteiger partial charge in [0.1, 0.15) is 0 Å². The lowest BCUT2D eigenvalue weighted by atomic mass is 9.84. The minimum Gasteiger partial charge on any atom is -0.398 e. The van der Waals surface area contributed by atoms with Crippen molar-refractivity contribution in [1.29, 1.82) is 0 Å². The standard InChI is InChI=1S/C14H23N.3C12H19N.C11H17N.C9H13N/c1-6-10-8-12(14(3,4)5)9-11(7-2)13(10)15;1-8-6-10(12(3,4)5)7-9(2)11(8)13;1-8-6-9(2)11(13)10(7-8)12(3,4)5;1-4-9-7-10(5-2)12(13)11(6-3)8-9;1-4-9-6-8(3)7-10(5-2)11(9)12;1-6-4-7(2)9(10)8(3)5-6/h8-9H,6-7,15H2,1-5H3;2*6-7H,13H2,1-5H3;7-8H,4-6,13H2,1-3H3;6-7H,4-5,12H2,1-3H3;4-5H,10H2,1-3H3. The SMILES string of the molecule is CCc1cc(C(C)(C)C)cc(CC)c1N.CCc1cc(C)cc(CC)c1N.CCc1cc(CC)c(N)c(CC)c1.Cc1cc(C(C)(C)C)cc(C)c1N.Cc1cc(C)c(N)c(C(C)(C)C)c1.Cc1cc(C)c(N)c(C)c1. The summed E-state index contributed by atoms with van der Waals surface area (Å²) in [4.78, 5) is 0. The molecule has 0 aliphatic rings. The van der Waals surface area contributed by atoms with Gasteiger partial charge in [0.25, 0.3) is 0 Å². The normalized spacial score (nSPS) is 11.1. The number of anilines is 6. The molecule has 6 nitrogen and oxygen atoms in total. The fourth-order valence-corrected chi connectivity index (χ4v) is 9.17. The van der Waals surface area contributed by atoms with Gasteiger partial charge in [-0.2, -0.15) is 0 Å². The first kappa shape index (κ1) is 68.1. The predicted octanol–water partition coefficient (Wildman–Crippen LogP) is 17.9. The van der Waals surface area contributed by atoms with Crippen molar-refractivity contribution in [2.24, 2.45) is 0 Å². The van der Waals surface area contributed by atoms with E-state index in [0.29, 0.717) is 0 Å². The number of aryl methyl sites for hydroxylation is 15. The molecular formula is C70H110N6.